The second kappa shape index (κ2) is 29.8. The van der Waals surface area contributed by atoms with E-state index in [1.165, 1.54) is 51.4 Å². The summed E-state index contributed by atoms with van der Waals surface area (Å²) in [5.41, 5.74) is 6.05. The van der Waals surface area contributed by atoms with Crippen LogP contribution in [0.1, 0.15) is 168 Å². The van der Waals surface area contributed by atoms with Crippen molar-refractivity contribution in [1.29, 1.82) is 0 Å². The molecule has 3 saturated heterocycles. The monoisotopic (exact) mass is 968 g/mol. The first kappa shape index (κ1) is 57.3. The van der Waals surface area contributed by atoms with Gasteiger partial charge in [-0.05, 0) is 114 Å². The second-order valence-electron chi connectivity index (χ2n) is 20.8. The van der Waals surface area contributed by atoms with Gasteiger partial charge in [-0.25, -0.2) is 0 Å². The number of carbonyl (C=O) groups is 2. The zero-order chi connectivity index (χ0) is 50.5. The van der Waals surface area contributed by atoms with Gasteiger partial charge in [0, 0.05) is 60.5 Å². The van der Waals surface area contributed by atoms with E-state index in [0.717, 1.165) is 97.2 Å². The quantitative estimate of drug-likeness (QED) is 0.0406. The van der Waals surface area contributed by atoms with Crippen LogP contribution in [0, 0.1) is 31.1 Å². The van der Waals surface area contributed by atoms with Crippen LogP contribution in [-0.4, -0.2) is 87.4 Å². The Morgan fingerprint density at radius 1 is 0.841 bits per heavy atom. The Kier molecular flexibility index (Phi) is 24.8. The van der Waals surface area contributed by atoms with E-state index in [9.17, 15) is 14.7 Å². The Morgan fingerprint density at radius 3 is 2.14 bits per heavy atom. The van der Waals surface area contributed by atoms with Crippen LogP contribution in [0.4, 0.5) is 0 Å². The maximum atomic E-state index is 14.6. The van der Waals surface area contributed by atoms with Crippen molar-refractivity contribution in [3.8, 4) is 12.3 Å². The number of nitrogens with zero attached hydrogens (tertiary/aromatic N) is 2. The molecule has 10 nitrogen and oxygen atoms in total. The summed E-state index contributed by atoms with van der Waals surface area (Å²) >= 11 is 1.63. The standard InChI is InChI=1S/C58H93N7O3S/c1-13-16-27-51-48(12)64-36-23-28-52(64)45(9)59-43(7)32-35-55(69-63-44(8)26-22-20-18-17-19-21-25-42(6)38-40(4)14-2)47(11)60-50(15-3)58(68)65-37-24-29-53(65)46(10)61-56(57(67)62-51)54(66)39-49-33-30-41(5)31-34-49/h1,30-31,33-34,40,42-43,50-56,59-61,63,66H,8-12,14-29,32,35-39H2,2-7H3,(H,62,67)/t40?,42?,43-,50+,51+,52?,53?,54?,55?,56?/m1/s1. The predicted molar refractivity (Wildman–Crippen MR) is 292 cm³/mol. The van der Waals surface area contributed by atoms with E-state index in [0.29, 0.717) is 37.9 Å². The van der Waals surface area contributed by atoms with Crippen LogP contribution in [-0.2, 0) is 16.0 Å². The number of unbranched alkanes of at least 4 members (excludes halogenated alkanes) is 5. The molecule has 0 aromatic heterocycles. The smallest absolute Gasteiger partial charge is 0.245 e. The van der Waals surface area contributed by atoms with Crippen molar-refractivity contribution in [2.75, 3.05) is 13.1 Å². The molecular formula is C58H93N7O3S. The molecule has 3 heterocycles. The molecule has 7 unspecified atom stereocenters. The first-order chi connectivity index (χ1) is 33.1. The molecule has 2 amide bonds. The molecule has 0 spiro atoms. The molecular weight excluding hydrogens is 875 g/mol. The number of hydrogen-bond acceptors (Lipinski definition) is 9. The summed E-state index contributed by atoms with van der Waals surface area (Å²) in [7, 11) is 0. The van der Waals surface area contributed by atoms with Crippen molar-refractivity contribution in [1.82, 2.24) is 35.8 Å². The molecule has 0 radical (unpaired) electrons. The minimum atomic E-state index is -1.11. The molecule has 69 heavy (non-hydrogen) atoms. The van der Waals surface area contributed by atoms with Crippen molar-refractivity contribution >= 4 is 23.8 Å². The fourth-order valence-electron chi connectivity index (χ4n) is 10.4. The summed E-state index contributed by atoms with van der Waals surface area (Å²) in [4.78, 5) is 33.4. The molecule has 3 aliphatic heterocycles. The van der Waals surface area contributed by atoms with Gasteiger partial charge in [0.1, 0.15) is 12.1 Å². The van der Waals surface area contributed by atoms with Gasteiger partial charge in [-0.1, -0.05) is 135 Å². The number of amides is 2. The largest absolute Gasteiger partial charge is 0.390 e. The third-order valence-electron chi connectivity index (χ3n) is 14.9. The molecule has 0 aliphatic carbocycles. The summed E-state index contributed by atoms with van der Waals surface area (Å²) in [5.74, 6) is 4.00. The lowest BCUT2D eigenvalue weighted by atomic mass is 9.91. The van der Waals surface area contributed by atoms with Crippen LogP contribution in [0.5, 0.6) is 0 Å². The highest BCUT2D eigenvalue weighted by atomic mass is 32.2. The molecule has 1 aromatic rings. The summed E-state index contributed by atoms with van der Waals surface area (Å²) in [5, 5.41) is 25.8. The van der Waals surface area contributed by atoms with Gasteiger partial charge in [0.25, 0.3) is 0 Å². The highest BCUT2D eigenvalue weighted by Gasteiger charge is 2.39. The van der Waals surface area contributed by atoms with E-state index in [1.54, 1.807) is 11.9 Å². The number of aliphatic hydroxyl groups excluding tert-OH is 1. The molecule has 1 aromatic carbocycles. The zero-order valence-corrected chi connectivity index (χ0v) is 44.6. The van der Waals surface area contributed by atoms with Crippen LogP contribution in [0.15, 0.2) is 85.6 Å². The number of aryl methyl sites for hydroxylation is 1. The highest BCUT2D eigenvalue weighted by molar-refractivity contribution is 7.98. The minimum Gasteiger partial charge on any atom is -0.390 e. The number of terminal acetylenes is 1. The maximum Gasteiger partial charge on any atom is 0.245 e. The van der Waals surface area contributed by atoms with Crippen molar-refractivity contribution in [2.45, 2.75) is 218 Å². The molecule has 0 saturated carbocycles. The van der Waals surface area contributed by atoms with E-state index in [4.69, 9.17) is 6.42 Å². The molecule has 6 N–H and O–H groups in total. The molecule has 11 heteroatoms. The van der Waals surface area contributed by atoms with E-state index in [2.05, 4.69) is 97.4 Å². The van der Waals surface area contributed by atoms with Gasteiger partial charge < -0.3 is 40.9 Å². The van der Waals surface area contributed by atoms with Crippen LogP contribution in [0.3, 0.4) is 0 Å². The lowest BCUT2D eigenvalue weighted by Crippen LogP contribution is -2.57. The number of hydrogen-bond donors (Lipinski definition) is 6. The van der Waals surface area contributed by atoms with E-state index < -0.39 is 24.2 Å². The Bertz CT molecular complexity index is 1880. The van der Waals surface area contributed by atoms with Crippen molar-refractivity contribution in [3.05, 3.63) is 96.8 Å². The second-order valence-corrected chi connectivity index (χ2v) is 21.9. The van der Waals surface area contributed by atoms with Crippen LogP contribution >= 0.6 is 11.9 Å². The molecule has 3 aliphatic rings. The number of carbonyl (C=O) groups excluding carboxylic acids is 2. The fraction of sp³-hybridized carbons (Fsp3) is 0.655. The SMILES string of the molecule is C#CCC[C@@H]1NC(=O)C(C(O)Cc2ccc(C)cc2)NC(=C)C2CCCN2C(=O)[C@H](CC)NC(=C)C(SNC(=C)CCCCCCCCC(C)CC(C)CC)CC[C@@H](C)NC(=C)C2CCCN2C1=C. The number of benzene rings is 1. The van der Waals surface area contributed by atoms with Crippen LogP contribution in [0.2, 0.25) is 0 Å². The normalized spacial score (nSPS) is 25.7. The molecule has 384 valence electrons. The number of nitrogens with one attached hydrogen (secondary N) is 5. The Balaban J connectivity index is 1.52. The number of aliphatic hydroxyl groups is 1. The van der Waals surface area contributed by atoms with Gasteiger partial charge in [-0.15, -0.1) is 12.3 Å². The van der Waals surface area contributed by atoms with Crippen molar-refractivity contribution in [3.63, 3.8) is 0 Å². The lowest BCUT2D eigenvalue weighted by molar-refractivity contribution is -0.133. The minimum absolute atomic E-state index is 0.0141. The molecule has 4 rings (SSSR count). The summed E-state index contributed by atoms with van der Waals surface area (Å²) < 4.78 is 3.60. The van der Waals surface area contributed by atoms with Gasteiger partial charge in [0.2, 0.25) is 11.8 Å². The molecule has 0 bridgehead atoms. The number of fused-ring (bicyclic) bond motifs is 2. The molecule has 10 atom stereocenters. The highest BCUT2D eigenvalue weighted by Crippen LogP contribution is 2.31. The van der Waals surface area contributed by atoms with E-state index in [-0.39, 0.29) is 41.6 Å². The van der Waals surface area contributed by atoms with Crippen LogP contribution < -0.4 is 26.0 Å². The third-order valence-corrected chi connectivity index (χ3v) is 16.1. The average Bonchev–Trinajstić information content (AvgIpc) is 4.03. The van der Waals surface area contributed by atoms with E-state index in [1.807, 2.05) is 43.0 Å². The van der Waals surface area contributed by atoms with Gasteiger partial charge in [0.15, 0.2) is 0 Å². The predicted octanol–water partition coefficient (Wildman–Crippen LogP) is 10.7. The van der Waals surface area contributed by atoms with Crippen molar-refractivity contribution in [2.24, 2.45) is 11.8 Å². The summed E-state index contributed by atoms with van der Waals surface area (Å²) in [6.07, 6.45) is 23.8. The average molecular weight is 968 g/mol. The van der Waals surface area contributed by atoms with Crippen LogP contribution in [0.25, 0.3) is 0 Å². The third kappa shape index (κ3) is 18.4. The number of rotatable bonds is 21. The molecule has 3 fully saturated rings. The fourth-order valence-corrected chi connectivity index (χ4v) is 11.2. The van der Waals surface area contributed by atoms with Crippen molar-refractivity contribution < 1.29 is 14.7 Å². The maximum absolute atomic E-state index is 14.6. The van der Waals surface area contributed by atoms with Gasteiger partial charge in [-0.2, -0.15) is 0 Å². The van der Waals surface area contributed by atoms with E-state index >= 15 is 0 Å². The summed E-state index contributed by atoms with van der Waals surface area (Å²) in [6, 6.07) is 5.63. The number of allylic oxidation sites excluding steroid dienone is 1. The Hall–Kier alpha value is -4.27. The first-order valence-electron chi connectivity index (χ1n) is 26.7. The topological polar surface area (TPSA) is 121 Å². The zero-order valence-electron chi connectivity index (χ0n) is 43.8. The Morgan fingerprint density at radius 2 is 1.48 bits per heavy atom. The van der Waals surface area contributed by atoms with Gasteiger partial charge in [0.05, 0.1) is 29.5 Å². The summed E-state index contributed by atoms with van der Waals surface area (Å²) in [6.45, 7) is 37.2. The van der Waals surface area contributed by atoms with Gasteiger partial charge in [-0.3, -0.25) is 9.59 Å². The van der Waals surface area contributed by atoms with Gasteiger partial charge >= 0.3 is 0 Å². The Labute approximate surface area is 424 Å². The lowest BCUT2D eigenvalue weighted by Gasteiger charge is -2.37. The first-order valence-corrected chi connectivity index (χ1v) is 27.6.